The third kappa shape index (κ3) is 6.14. The van der Waals surface area contributed by atoms with Crippen LogP contribution in [0.1, 0.15) is 19.4 Å². The van der Waals surface area contributed by atoms with E-state index in [-0.39, 0.29) is 27.2 Å². The molecule has 1 aromatic heterocycles. The number of anilines is 1. The van der Waals surface area contributed by atoms with E-state index in [1.807, 2.05) is 6.92 Å². The Morgan fingerprint density at radius 3 is 2.20 bits per heavy atom. The number of sulfonamides is 1. The summed E-state index contributed by atoms with van der Waals surface area (Å²) in [5.41, 5.74) is 1.19. The predicted octanol–water partition coefficient (Wildman–Crippen LogP) is 4.59. The van der Waals surface area contributed by atoms with Crippen molar-refractivity contribution in [2.24, 2.45) is 10.2 Å². The fourth-order valence-electron chi connectivity index (χ4n) is 3.88. The van der Waals surface area contributed by atoms with Gasteiger partial charge in [0.1, 0.15) is 12.3 Å². The Kier molecular flexibility index (Phi) is 8.23. The number of rotatable bonds is 10. The number of hydrogen-bond donors (Lipinski definition) is 3. The number of azo groups is 1. The first-order valence-corrected chi connectivity index (χ1v) is 14.9. The van der Waals surface area contributed by atoms with Crippen LogP contribution in [-0.2, 0) is 31.4 Å². The summed E-state index contributed by atoms with van der Waals surface area (Å²) in [6, 6.07) is 15.9. The number of aromatic nitrogens is 1. The van der Waals surface area contributed by atoms with Crippen LogP contribution in [0.4, 0.5) is 11.4 Å². The largest absolute Gasteiger partial charge is 0.494 e. The Morgan fingerprint density at radius 1 is 0.950 bits per heavy atom. The minimum atomic E-state index is -4.55. The lowest BCUT2D eigenvalue weighted by Gasteiger charge is -2.23. The van der Waals surface area contributed by atoms with Gasteiger partial charge in [0.25, 0.3) is 26.0 Å². The lowest BCUT2D eigenvalue weighted by atomic mass is 10.1. The third-order valence-electron chi connectivity index (χ3n) is 5.92. The zero-order valence-electron chi connectivity index (χ0n) is 21.5. The molecular formula is C26H26N4O8S2. The van der Waals surface area contributed by atoms with E-state index in [1.54, 1.807) is 31.2 Å². The minimum absolute atomic E-state index is 0.0678. The van der Waals surface area contributed by atoms with E-state index in [9.17, 15) is 31.3 Å². The van der Waals surface area contributed by atoms with Gasteiger partial charge in [0.2, 0.25) is 5.88 Å². The molecule has 0 aliphatic carbocycles. The number of hydrogen-bond acceptors (Lipinski definition) is 8. The number of aromatic amines is 1. The number of nitrogens with one attached hydrogen (secondary N) is 1. The molecule has 40 heavy (non-hydrogen) atoms. The summed E-state index contributed by atoms with van der Waals surface area (Å²) >= 11 is 0. The van der Waals surface area contributed by atoms with Crippen LogP contribution in [0.5, 0.6) is 11.6 Å². The molecular weight excluding hydrogens is 560 g/mol. The molecule has 4 rings (SSSR count). The molecule has 3 aromatic carbocycles. The molecule has 0 unspecified atom stereocenters. The van der Waals surface area contributed by atoms with Crippen molar-refractivity contribution in [2.75, 3.05) is 17.5 Å². The van der Waals surface area contributed by atoms with Crippen LogP contribution in [0.2, 0.25) is 0 Å². The van der Waals surface area contributed by atoms with E-state index in [0.717, 1.165) is 28.4 Å². The Morgan fingerprint density at radius 2 is 1.60 bits per heavy atom. The van der Waals surface area contributed by atoms with Gasteiger partial charge in [-0.25, -0.2) is 8.42 Å². The fourth-order valence-corrected chi connectivity index (χ4v) is 5.80. The van der Waals surface area contributed by atoms with Crippen molar-refractivity contribution in [1.82, 2.24) is 4.98 Å². The number of fused-ring (bicyclic) bond motifs is 1. The number of nitrogens with zero attached hydrogens (tertiary/aromatic N) is 3. The molecule has 14 heteroatoms. The van der Waals surface area contributed by atoms with Crippen LogP contribution in [-0.4, -0.2) is 50.5 Å². The highest BCUT2D eigenvalue weighted by atomic mass is 32.2. The Balaban J connectivity index is 1.68. The quantitative estimate of drug-likeness (QED) is 0.178. The minimum Gasteiger partial charge on any atom is -0.494 e. The van der Waals surface area contributed by atoms with Gasteiger partial charge in [0.15, 0.2) is 5.69 Å². The molecule has 0 aliphatic rings. The number of carbonyl (C=O) groups is 1. The molecule has 0 aliphatic heterocycles. The monoisotopic (exact) mass is 586 g/mol. The van der Waals surface area contributed by atoms with Gasteiger partial charge in [-0.2, -0.15) is 8.42 Å². The second-order valence-electron chi connectivity index (χ2n) is 8.53. The first-order chi connectivity index (χ1) is 18.9. The maximum absolute atomic E-state index is 13.6. The zero-order valence-corrected chi connectivity index (χ0v) is 23.1. The Labute approximate surface area is 230 Å². The summed E-state index contributed by atoms with van der Waals surface area (Å²) in [6.07, 6.45) is 0.729. The highest BCUT2D eigenvalue weighted by molar-refractivity contribution is 7.92. The molecule has 0 bridgehead atoms. The summed E-state index contributed by atoms with van der Waals surface area (Å²) < 4.78 is 65.9. The number of amides is 1. The van der Waals surface area contributed by atoms with Crippen molar-refractivity contribution in [3.05, 3.63) is 72.3 Å². The molecule has 0 saturated heterocycles. The molecule has 0 fully saturated rings. The van der Waals surface area contributed by atoms with Gasteiger partial charge in [0, 0.05) is 5.39 Å². The first kappa shape index (κ1) is 28.7. The summed E-state index contributed by atoms with van der Waals surface area (Å²) in [4.78, 5) is 15.0. The number of aromatic hydroxyl groups is 1. The molecule has 0 radical (unpaired) electrons. The predicted molar refractivity (Wildman–Crippen MR) is 147 cm³/mol. The number of H-pyrrole nitrogens is 1. The van der Waals surface area contributed by atoms with Crippen LogP contribution in [0, 0.1) is 0 Å². The summed E-state index contributed by atoms with van der Waals surface area (Å²) in [6.45, 7) is 3.44. The molecule has 12 nitrogen and oxygen atoms in total. The van der Waals surface area contributed by atoms with Crippen LogP contribution in [0.15, 0.2) is 86.7 Å². The van der Waals surface area contributed by atoms with Crippen LogP contribution in [0.3, 0.4) is 0 Å². The fraction of sp³-hybridized carbons (Fsp3) is 0.192. The van der Waals surface area contributed by atoms with Crippen molar-refractivity contribution < 1.29 is 36.0 Å². The van der Waals surface area contributed by atoms with Gasteiger partial charge in [-0.3, -0.25) is 13.7 Å². The lowest BCUT2D eigenvalue weighted by molar-refractivity contribution is -0.116. The van der Waals surface area contributed by atoms with E-state index < -0.39 is 43.4 Å². The van der Waals surface area contributed by atoms with E-state index in [2.05, 4.69) is 15.2 Å². The van der Waals surface area contributed by atoms with E-state index in [1.165, 1.54) is 30.3 Å². The number of carbonyl (C=O) groups excluding carboxylic acids is 1. The third-order valence-corrected chi connectivity index (χ3v) is 8.55. The average molecular weight is 587 g/mol. The summed E-state index contributed by atoms with van der Waals surface area (Å²) in [5, 5.41) is 17.6. The van der Waals surface area contributed by atoms with E-state index in [4.69, 9.17) is 4.74 Å². The highest BCUT2D eigenvalue weighted by Gasteiger charge is 2.27. The zero-order chi connectivity index (χ0) is 29.1. The standard InChI is InChI=1S/C26H26N4O8S2/c1-3-17-5-7-18(8-6-17)30(39(33,34)20-11-9-19(10-12-20)38-4-2)16-24(31)28-29-25-22-15-21(40(35,36)37)13-14-23(22)27-26(25)32/h5-15,27,32H,3-4,16H2,1-2H3,(H,35,36,37). The van der Waals surface area contributed by atoms with Crippen molar-refractivity contribution in [1.29, 1.82) is 0 Å². The van der Waals surface area contributed by atoms with E-state index in [0.29, 0.717) is 12.4 Å². The smallest absolute Gasteiger partial charge is 0.294 e. The highest BCUT2D eigenvalue weighted by Crippen LogP contribution is 2.36. The van der Waals surface area contributed by atoms with Crippen molar-refractivity contribution in [3.63, 3.8) is 0 Å². The van der Waals surface area contributed by atoms with Crippen molar-refractivity contribution >= 4 is 48.3 Å². The SMILES string of the molecule is CCOc1ccc(S(=O)(=O)N(CC(=O)N=Nc2c(O)[nH]c3ccc(S(=O)(=O)O)cc23)c2ccc(CC)cc2)cc1. The Hall–Kier alpha value is -4.27. The average Bonchev–Trinajstić information content (AvgIpc) is 3.24. The van der Waals surface area contributed by atoms with Crippen LogP contribution in [0.25, 0.3) is 10.9 Å². The van der Waals surface area contributed by atoms with Gasteiger partial charge in [-0.1, -0.05) is 19.1 Å². The van der Waals surface area contributed by atoms with Gasteiger partial charge in [-0.15, -0.1) is 10.2 Å². The van der Waals surface area contributed by atoms with Gasteiger partial charge < -0.3 is 14.8 Å². The molecule has 3 N–H and O–H groups in total. The molecule has 0 spiro atoms. The molecule has 0 atom stereocenters. The molecule has 1 amide bonds. The van der Waals surface area contributed by atoms with Crippen molar-refractivity contribution in [2.45, 2.75) is 30.1 Å². The number of aryl methyl sites for hydroxylation is 1. The number of benzene rings is 3. The van der Waals surface area contributed by atoms with Crippen LogP contribution < -0.4 is 9.04 Å². The maximum atomic E-state index is 13.6. The molecule has 0 saturated carbocycles. The Bertz CT molecular complexity index is 1780. The second-order valence-corrected chi connectivity index (χ2v) is 11.8. The summed E-state index contributed by atoms with van der Waals surface area (Å²) in [7, 11) is -8.78. The van der Waals surface area contributed by atoms with Gasteiger partial charge >= 0.3 is 0 Å². The lowest BCUT2D eigenvalue weighted by Crippen LogP contribution is -2.35. The topological polar surface area (TPSA) is 179 Å². The van der Waals surface area contributed by atoms with Crippen molar-refractivity contribution in [3.8, 4) is 11.6 Å². The molecule has 4 aromatic rings. The first-order valence-electron chi connectivity index (χ1n) is 12.0. The normalized spacial score (nSPS) is 12.2. The number of ether oxygens (including phenoxy) is 1. The summed E-state index contributed by atoms with van der Waals surface area (Å²) in [5.74, 6) is -0.984. The molecule has 1 heterocycles. The van der Waals surface area contributed by atoms with Gasteiger partial charge in [0.05, 0.1) is 27.6 Å². The van der Waals surface area contributed by atoms with Crippen LogP contribution >= 0.6 is 0 Å². The second kappa shape index (κ2) is 11.5. The maximum Gasteiger partial charge on any atom is 0.294 e. The van der Waals surface area contributed by atoms with Gasteiger partial charge in [-0.05, 0) is 73.5 Å². The van der Waals surface area contributed by atoms with E-state index >= 15 is 0 Å². The molecule has 210 valence electrons.